The summed E-state index contributed by atoms with van der Waals surface area (Å²) in [5.41, 5.74) is 1.33. The molecule has 1 unspecified atom stereocenters. The highest BCUT2D eigenvalue weighted by atomic mass is 16.5. The molecule has 0 fully saturated rings. The third-order valence-electron chi connectivity index (χ3n) is 2.97. The van der Waals surface area contributed by atoms with E-state index in [0.29, 0.717) is 12.0 Å². The van der Waals surface area contributed by atoms with Gasteiger partial charge in [0.05, 0.1) is 6.10 Å². The summed E-state index contributed by atoms with van der Waals surface area (Å²) in [4.78, 5) is 0. The molecular formula is C16H27NO. The minimum atomic E-state index is 0.249. The average Bonchev–Trinajstić information content (AvgIpc) is 2.28. The summed E-state index contributed by atoms with van der Waals surface area (Å²) in [6, 6.07) is 8.96. The number of benzene rings is 1. The number of rotatable bonds is 7. The Labute approximate surface area is 112 Å². The molecule has 2 heteroatoms. The largest absolute Gasteiger partial charge is 0.491 e. The summed E-state index contributed by atoms with van der Waals surface area (Å²) in [6.45, 7) is 11.9. The van der Waals surface area contributed by atoms with Gasteiger partial charge in [-0.05, 0) is 43.5 Å². The molecule has 0 radical (unpaired) electrons. The predicted octanol–water partition coefficient (Wildman–Crippen LogP) is 3.97. The number of ether oxygens (including phenoxy) is 1. The Morgan fingerprint density at radius 1 is 1.11 bits per heavy atom. The van der Waals surface area contributed by atoms with E-state index in [9.17, 15) is 0 Å². The van der Waals surface area contributed by atoms with Crippen LogP contribution in [0.3, 0.4) is 0 Å². The van der Waals surface area contributed by atoms with Crippen LogP contribution in [0.15, 0.2) is 24.3 Å². The van der Waals surface area contributed by atoms with Crippen molar-refractivity contribution in [2.24, 2.45) is 0 Å². The van der Waals surface area contributed by atoms with Crippen LogP contribution >= 0.6 is 0 Å². The zero-order chi connectivity index (χ0) is 13.5. The van der Waals surface area contributed by atoms with Gasteiger partial charge >= 0.3 is 0 Å². The standard InChI is InChI=1S/C16H27NO/c1-12(2)15-7-6-8-16(11-15)18-14(5)9-10-17-13(3)4/h6-8,11-14,17H,9-10H2,1-5H3. The van der Waals surface area contributed by atoms with Crippen LogP contribution in [0.4, 0.5) is 0 Å². The molecule has 1 N–H and O–H groups in total. The molecule has 1 atom stereocenters. The van der Waals surface area contributed by atoms with E-state index >= 15 is 0 Å². The fourth-order valence-electron chi connectivity index (χ4n) is 1.81. The monoisotopic (exact) mass is 249 g/mol. The Morgan fingerprint density at radius 3 is 2.44 bits per heavy atom. The van der Waals surface area contributed by atoms with Crippen molar-refractivity contribution in [2.45, 2.75) is 59.1 Å². The molecule has 2 nitrogen and oxygen atoms in total. The smallest absolute Gasteiger partial charge is 0.119 e. The van der Waals surface area contributed by atoms with Crippen LogP contribution in [-0.2, 0) is 0 Å². The first kappa shape index (κ1) is 15.0. The van der Waals surface area contributed by atoms with Crippen molar-refractivity contribution in [1.29, 1.82) is 0 Å². The topological polar surface area (TPSA) is 21.3 Å². The van der Waals surface area contributed by atoms with Crippen molar-refractivity contribution < 1.29 is 4.74 Å². The van der Waals surface area contributed by atoms with Crippen LogP contribution in [-0.4, -0.2) is 18.7 Å². The maximum atomic E-state index is 5.95. The molecule has 0 aliphatic carbocycles. The fourth-order valence-corrected chi connectivity index (χ4v) is 1.81. The maximum absolute atomic E-state index is 5.95. The molecule has 1 aromatic carbocycles. The zero-order valence-electron chi connectivity index (χ0n) is 12.4. The molecular weight excluding hydrogens is 222 g/mol. The molecule has 0 spiro atoms. The molecule has 102 valence electrons. The Kier molecular flexibility index (Phi) is 6.20. The molecule has 0 heterocycles. The lowest BCUT2D eigenvalue weighted by atomic mass is 10.0. The van der Waals surface area contributed by atoms with Crippen LogP contribution in [0.25, 0.3) is 0 Å². The Hall–Kier alpha value is -1.02. The van der Waals surface area contributed by atoms with Crippen molar-refractivity contribution in [3.63, 3.8) is 0 Å². The molecule has 0 amide bonds. The molecule has 0 aliphatic rings. The summed E-state index contributed by atoms with van der Waals surface area (Å²) < 4.78 is 5.95. The summed E-state index contributed by atoms with van der Waals surface area (Å²) in [7, 11) is 0. The van der Waals surface area contributed by atoms with E-state index in [-0.39, 0.29) is 6.10 Å². The number of nitrogens with one attached hydrogen (secondary N) is 1. The number of hydrogen-bond acceptors (Lipinski definition) is 2. The third-order valence-corrected chi connectivity index (χ3v) is 2.97. The van der Waals surface area contributed by atoms with Crippen molar-refractivity contribution in [3.05, 3.63) is 29.8 Å². The second-order valence-corrected chi connectivity index (χ2v) is 5.55. The van der Waals surface area contributed by atoms with Gasteiger partial charge in [0.15, 0.2) is 0 Å². The van der Waals surface area contributed by atoms with Crippen molar-refractivity contribution in [1.82, 2.24) is 5.32 Å². The van der Waals surface area contributed by atoms with Gasteiger partial charge in [0.25, 0.3) is 0 Å². The van der Waals surface area contributed by atoms with Crippen LogP contribution in [0.2, 0.25) is 0 Å². The minimum absolute atomic E-state index is 0.249. The van der Waals surface area contributed by atoms with Gasteiger partial charge in [-0.1, -0.05) is 39.8 Å². The van der Waals surface area contributed by atoms with Gasteiger partial charge in [-0.3, -0.25) is 0 Å². The van der Waals surface area contributed by atoms with Gasteiger partial charge in [0.1, 0.15) is 5.75 Å². The highest BCUT2D eigenvalue weighted by Gasteiger charge is 2.06. The first-order valence-corrected chi connectivity index (χ1v) is 6.99. The molecule has 0 aromatic heterocycles. The first-order valence-electron chi connectivity index (χ1n) is 6.99. The Bertz CT molecular complexity index is 347. The lowest BCUT2D eigenvalue weighted by molar-refractivity contribution is 0.208. The highest BCUT2D eigenvalue weighted by Crippen LogP contribution is 2.21. The molecule has 0 bridgehead atoms. The van der Waals surface area contributed by atoms with E-state index in [4.69, 9.17) is 4.74 Å². The molecule has 0 saturated carbocycles. The van der Waals surface area contributed by atoms with Crippen LogP contribution < -0.4 is 10.1 Å². The van der Waals surface area contributed by atoms with E-state index in [0.717, 1.165) is 18.7 Å². The third kappa shape index (κ3) is 5.54. The van der Waals surface area contributed by atoms with Crippen LogP contribution in [0.1, 0.15) is 52.5 Å². The Morgan fingerprint density at radius 2 is 1.83 bits per heavy atom. The predicted molar refractivity (Wildman–Crippen MR) is 78.4 cm³/mol. The van der Waals surface area contributed by atoms with E-state index in [1.807, 2.05) is 6.07 Å². The quantitative estimate of drug-likeness (QED) is 0.789. The second kappa shape index (κ2) is 7.42. The van der Waals surface area contributed by atoms with Crippen molar-refractivity contribution in [2.75, 3.05) is 6.54 Å². The highest BCUT2D eigenvalue weighted by molar-refractivity contribution is 5.30. The van der Waals surface area contributed by atoms with Gasteiger partial charge in [-0.25, -0.2) is 0 Å². The molecule has 0 aliphatic heterocycles. The van der Waals surface area contributed by atoms with Crippen molar-refractivity contribution >= 4 is 0 Å². The normalized spacial score (nSPS) is 13.1. The van der Waals surface area contributed by atoms with Gasteiger partial charge < -0.3 is 10.1 Å². The lowest BCUT2D eigenvalue weighted by Crippen LogP contribution is -2.27. The van der Waals surface area contributed by atoms with Gasteiger partial charge in [-0.15, -0.1) is 0 Å². The molecule has 0 saturated heterocycles. The minimum Gasteiger partial charge on any atom is -0.491 e. The first-order chi connectivity index (χ1) is 8.49. The Balaban J connectivity index is 2.43. The summed E-state index contributed by atoms with van der Waals surface area (Å²) in [6.07, 6.45) is 1.28. The van der Waals surface area contributed by atoms with Crippen molar-refractivity contribution in [3.8, 4) is 5.75 Å². The van der Waals surface area contributed by atoms with E-state index in [1.54, 1.807) is 0 Å². The van der Waals surface area contributed by atoms with Crippen LogP contribution in [0.5, 0.6) is 5.75 Å². The van der Waals surface area contributed by atoms with Crippen LogP contribution in [0, 0.1) is 0 Å². The van der Waals surface area contributed by atoms with Gasteiger partial charge in [0.2, 0.25) is 0 Å². The zero-order valence-corrected chi connectivity index (χ0v) is 12.4. The number of hydrogen-bond donors (Lipinski definition) is 1. The molecule has 18 heavy (non-hydrogen) atoms. The molecule has 1 aromatic rings. The van der Waals surface area contributed by atoms with E-state index in [2.05, 4.69) is 58.1 Å². The summed E-state index contributed by atoms with van der Waals surface area (Å²) in [5, 5.41) is 3.41. The molecule has 1 rings (SSSR count). The van der Waals surface area contributed by atoms with Gasteiger partial charge in [0, 0.05) is 6.04 Å². The average molecular weight is 249 g/mol. The summed E-state index contributed by atoms with van der Waals surface area (Å²) >= 11 is 0. The lowest BCUT2D eigenvalue weighted by Gasteiger charge is -2.17. The van der Waals surface area contributed by atoms with Gasteiger partial charge in [-0.2, -0.15) is 0 Å². The SMILES string of the molecule is CC(C)NCCC(C)Oc1cccc(C(C)C)c1. The fraction of sp³-hybridized carbons (Fsp3) is 0.625. The maximum Gasteiger partial charge on any atom is 0.119 e. The van der Waals surface area contributed by atoms with E-state index in [1.165, 1.54) is 5.56 Å². The second-order valence-electron chi connectivity index (χ2n) is 5.55. The summed E-state index contributed by atoms with van der Waals surface area (Å²) in [5.74, 6) is 1.53. The van der Waals surface area contributed by atoms with E-state index < -0.39 is 0 Å².